The van der Waals surface area contributed by atoms with E-state index < -0.39 is 47.1 Å². The van der Waals surface area contributed by atoms with Gasteiger partial charge < -0.3 is 28.1 Å². The second-order valence-corrected chi connectivity index (χ2v) is 9.77. The highest BCUT2D eigenvalue weighted by atomic mass is 16.7. The fourth-order valence-corrected chi connectivity index (χ4v) is 5.42. The van der Waals surface area contributed by atoms with Crippen LogP contribution in [0.2, 0.25) is 0 Å². The third kappa shape index (κ3) is 2.76. The van der Waals surface area contributed by atoms with Crippen LogP contribution in [0.1, 0.15) is 61.6 Å². The predicted molar refractivity (Wildman–Crippen MR) is 100 cm³/mol. The summed E-state index contributed by atoms with van der Waals surface area (Å²) in [6.45, 7) is 5.72. The molecule has 0 radical (unpaired) electrons. The normalized spacial score (nSPS) is 46.9. The summed E-state index contributed by atoms with van der Waals surface area (Å²) >= 11 is 0. The molecule has 1 aromatic heterocycles. The van der Waals surface area contributed by atoms with Crippen molar-refractivity contribution in [3.63, 3.8) is 0 Å². The van der Waals surface area contributed by atoms with Crippen molar-refractivity contribution >= 4 is 18.2 Å². The molecular weight excluding hydrogens is 408 g/mol. The quantitative estimate of drug-likeness (QED) is 0.399. The lowest BCUT2D eigenvalue weighted by atomic mass is 9.80. The molecule has 1 unspecified atom stereocenters. The average Bonchev–Trinajstić information content (AvgIpc) is 3.64. The van der Waals surface area contributed by atoms with Crippen molar-refractivity contribution in [2.45, 2.75) is 81.3 Å². The zero-order chi connectivity index (χ0) is 21.8. The molecule has 0 aliphatic carbocycles. The Kier molecular flexibility index (Phi) is 3.74. The number of hydrogen-bond donors (Lipinski definition) is 0. The molecule has 0 saturated carbocycles. The topological polar surface area (TPSA) is 120 Å². The number of epoxide rings is 3. The summed E-state index contributed by atoms with van der Waals surface area (Å²) in [5.74, 6) is -0.0419. The predicted octanol–water partition coefficient (Wildman–Crippen LogP) is 1.66. The molecular formula is C22H24O9. The summed E-state index contributed by atoms with van der Waals surface area (Å²) < 4.78 is 34.9. The molecule has 6 heterocycles. The Balaban J connectivity index is 1.43. The van der Waals surface area contributed by atoms with Gasteiger partial charge in [0.25, 0.3) is 0 Å². The Morgan fingerprint density at radius 2 is 2.03 bits per heavy atom. The van der Waals surface area contributed by atoms with Gasteiger partial charge in [0.05, 0.1) is 17.8 Å². The number of esters is 2. The van der Waals surface area contributed by atoms with Gasteiger partial charge in [0.15, 0.2) is 6.29 Å². The van der Waals surface area contributed by atoms with E-state index in [-0.39, 0.29) is 12.0 Å². The number of aldehydes is 1. The minimum Gasteiger partial charge on any atom is -0.462 e. The van der Waals surface area contributed by atoms with Crippen molar-refractivity contribution in [3.8, 4) is 0 Å². The monoisotopic (exact) mass is 432 g/mol. The van der Waals surface area contributed by atoms with Crippen LogP contribution in [0.5, 0.6) is 0 Å². The number of hydrogen-bond acceptors (Lipinski definition) is 9. The second kappa shape index (κ2) is 5.96. The Morgan fingerprint density at radius 1 is 1.26 bits per heavy atom. The molecule has 6 rings (SSSR count). The number of fused-ring (bicyclic) bond motifs is 4. The Bertz CT molecular complexity index is 993. The van der Waals surface area contributed by atoms with Gasteiger partial charge in [-0.2, -0.15) is 0 Å². The molecule has 0 aromatic carbocycles. The fraction of sp³-hybridized carbons (Fsp3) is 0.682. The minimum atomic E-state index is -1.30. The van der Waals surface area contributed by atoms with Crippen molar-refractivity contribution < 1.29 is 42.5 Å². The molecule has 1 aromatic rings. The highest BCUT2D eigenvalue weighted by Crippen LogP contribution is 2.59. The Labute approximate surface area is 178 Å². The highest BCUT2D eigenvalue weighted by Gasteiger charge is 2.79. The number of carbonyl (C=O) groups excluding carboxylic acids is 3. The van der Waals surface area contributed by atoms with E-state index >= 15 is 0 Å². The SMILES string of the molecule is CC(=O)O[C@@H]1C[C@@H](C2(C)CO2)Cc2oc(cc2C=O)[C@H]2O[C@]2(C)C[C@@H]2OC(=O)[C@]13O[C@@H]23. The van der Waals surface area contributed by atoms with E-state index in [1.165, 1.54) is 6.92 Å². The minimum absolute atomic E-state index is 0.173. The van der Waals surface area contributed by atoms with Gasteiger partial charge in [-0.3, -0.25) is 9.59 Å². The largest absolute Gasteiger partial charge is 0.462 e. The van der Waals surface area contributed by atoms with E-state index in [2.05, 4.69) is 0 Å². The standard InChI is InChI=1S/C22H24O9/c1-10(24)27-16-6-12(21(3)9-26-21)5-13-11(8-23)4-14(28-13)17-20(2,30-17)7-15-18-22(16,31-18)19(25)29-15/h4,8,12,15-18H,5-7,9H2,1-3H3/t12-,15-,16+,17+,18-,20+,21?,22-/m0/s1. The number of rotatable bonds is 3. The highest BCUT2D eigenvalue weighted by molar-refractivity contribution is 5.88. The Morgan fingerprint density at radius 3 is 2.68 bits per heavy atom. The van der Waals surface area contributed by atoms with Crippen LogP contribution in [0, 0.1) is 5.92 Å². The molecule has 0 N–H and O–H groups in total. The first-order valence-electron chi connectivity index (χ1n) is 10.6. The van der Waals surface area contributed by atoms with Gasteiger partial charge in [0.2, 0.25) is 5.60 Å². The maximum atomic E-state index is 12.9. The van der Waals surface area contributed by atoms with E-state index in [1.54, 1.807) is 6.07 Å². The van der Waals surface area contributed by atoms with Crippen LogP contribution in [0.3, 0.4) is 0 Å². The molecule has 9 heteroatoms. The van der Waals surface area contributed by atoms with Crippen LogP contribution < -0.4 is 0 Å². The van der Waals surface area contributed by atoms with Gasteiger partial charge in [0.1, 0.15) is 41.5 Å². The molecule has 5 aliphatic heterocycles. The third-order valence-electron chi connectivity index (χ3n) is 7.52. The second-order valence-electron chi connectivity index (χ2n) is 9.77. The molecule has 4 fully saturated rings. The summed E-state index contributed by atoms with van der Waals surface area (Å²) in [5, 5.41) is 0. The average molecular weight is 432 g/mol. The summed E-state index contributed by atoms with van der Waals surface area (Å²) in [6.07, 6.45) is -0.241. The smallest absolute Gasteiger partial charge is 0.345 e. The van der Waals surface area contributed by atoms with Crippen LogP contribution in [0.4, 0.5) is 0 Å². The van der Waals surface area contributed by atoms with Crippen LogP contribution in [0.25, 0.3) is 0 Å². The molecule has 4 saturated heterocycles. The maximum absolute atomic E-state index is 12.9. The van der Waals surface area contributed by atoms with Gasteiger partial charge in [0, 0.05) is 25.7 Å². The van der Waals surface area contributed by atoms with Crippen molar-refractivity contribution in [2.75, 3.05) is 6.61 Å². The zero-order valence-corrected chi connectivity index (χ0v) is 17.5. The lowest BCUT2D eigenvalue weighted by Crippen LogP contribution is -2.43. The fourth-order valence-electron chi connectivity index (χ4n) is 5.42. The Hall–Kier alpha value is -2.23. The number of ether oxygens (including phenoxy) is 5. The van der Waals surface area contributed by atoms with E-state index in [0.717, 1.165) is 6.29 Å². The lowest BCUT2D eigenvalue weighted by molar-refractivity contribution is -0.166. The van der Waals surface area contributed by atoms with Crippen molar-refractivity contribution in [1.29, 1.82) is 0 Å². The first-order valence-corrected chi connectivity index (χ1v) is 10.6. The van der Waals surface area contributed by atoms with Crippen molar-refractivity contribution in [2.24, 2.45) is 5.92 Å². The molecule has 5 aliphatic rings. The van der Waals surface area contributed by atoms with Crippen LogP contribution in [0.15, 0.2) is 10.5 Å². The van der Waals surface area contributed by atoms with Crippen LogP contribution in [-0.2, 0) is 39.7 Å². The van der Waals surface area contributed by atoms with Gasteiger partial charge in [-0.25, -0.2) is 4.79 Å². The van der Waals surface area contributed by atoms with Crippen LogP contribution in [-0.4, -0.2) is 59.9 Å². The van der Waals surface area contributed by atoms with Gasteiger partial charge in [-0.05, 0) is 26.3 Å². The van der Waals surface area contributed by atoms with Crippen molar-refractivity contribution in [1.82, 2.24) is 0 Å². The molecule has 166 valence electrons. The molecule has 0 amide bonds. The summed E-state index contributed by atoms with van der Waals surface area (Å²) in [4.78, 5) is 36.6. The summed E-state index contributed by atoms with van der Waals surface area (Å²) in [6, 6.07) is 1.72. The molecule has 0 spiro atoms. The molecule has 8 atom stereocenters. The first-order chi connectivity index (χ1) is 14.7. The number of carbonyl (C=O) groups is 3. The molecule has 31 heavy (non-hydrogen) atoms. The lowest BCUT2D eigenvalue weighted by Gasteiger charge is -2.27. The number of furan rings is 1. The van der Waals surface area contributed by atoms with E-state index in [9.17, 15) is 14.4 Å². The zero-order valence-electron chi connectivity index (χ0n) is 17.5. The maximum Gasteiger partial charge on any atom is 0.345 e. The molecule has 9 nitrogen and oxygen atoms in total. The third-order valence-corrected chi connectivity index (χ3v) is 7.52. The molecule has 4 bridgehead atoms. The van der Waals surface area contributed by atoms with Crippen molar-refractivity contribution in [3.05, 3.63) is 23.2 Å². The van der Waals surface area contributed by atoms with E-state index in [4.69, 9.17) is 28.1 Å². The van der Waals surface area contributed by atoms with Gasteiger partial charge in [-0.15, -0.1) is 0 Å². The van der Waals surface area contributed by atoms with Gasteiger partial charge >= 0.3 is 11.9 Å². The summed E-state index contributed by atoms with van der Waals surface area (Å²) in [5.41, 5.74) is -1.90. The summed E-state index contributed by atoms with van der Waals surface area (Å²) in [7, 11) is 0. The van der Waals surface area contributed by atoms with E-state index in [0.29, 0.717) is 43.0 Å². The van der Waals surface area contributed by atoms with Crippen LogP contribution >= 0.6 is 0 Å². The first kappa shape index (κ1) is 19.5. The van der Waals surface area contributed by atoms with E-state index in [1.807, 2.05) is 13.8 Å². The van der Waals surface area contributed by atoms with Gasteiger partial charge in [-0.1, -0.05) is 0 Å².